The minimum atomic E-state index is -0.865. The first-order chi connectivity index (χ1) is 16.7. The second-order valence-corrected chi connectivity index (χ2v) is 8.96. The number of carbonyl (C=O) groups is 2. The van der Waals surface area contributed by atoms with E-state index in [2.05, 4.69) is 38.0 Å². The Bertz CT molecular complexity index is 1150. The van der Waals surface area contributed by atoms with E-state index in [1.165, 1.54) is 12.4 Å². The molecule has 1 aliphatic rings. The van der Waals surface area contributed by atoms with Gasteiger partial charge in [0.25, 0.3) is 11.5 Å². The zero-order chi connectivity index (χ0) is 25.5. The fraction of sp³-hybridized carbons (Fsp3) is 0.522. The second kappa shape index (κ2) is 11.5. The molecule has 0 aliphatic heterocycles. The molecule has 35 heavy (non-hydrogen) atoms. The standard InChI is InChI=1S/C23H32N8O4/c1-4-18(30-35)19(24)22(33)28-20(15-7-5-13(2)6-8-15)23(34)27-16-11-26-31(12-16)14(3)17-9-10-25-29-21(17)32/h9-15,20,24,35H,4-8H2,1-3H3,(H,27,34)(H,28,33)(H,29,32)/b24-19?,30-18-/t13-,14?,15-,20-/m0/s1. The molecule has 1 unspecified atom stereocenters. The lowest BCUT2D eigenvalue weighted by Crippen LogP contribution is -2.52. The lowest BCUT2D eigenvalue weighted by atomic mass is 9.79. The number of amides is 2. The summed E-state index contributed by atoms with van der Waals surface area (Å²) in [6.07, 6.45) is 8.19. The summed E-state index contributed by atoms with van der Waals surface area (Å²) in [6, 6.07) is 0.346. The van der Waals surface area contributed by atoms with Crippen molar-refractivity contribution in [3.8, 4) is 0 Å². The van der Waals surface area contributed by atoms with Crippen LogP contribution in [0.1, 0.15) is 64.5 Å². The summed E-state index contributed by atoms with van der Waals surface area (Å²) >= 11 is 0. The van der Waals surface area contributed by atoms with Crippen molar-refractivity contribution in [2.45, 2.75) is 65.0 Å². The maximum atomic E-state index is 13.3. The van der Waals surface area contributed by atoms with Crippen LogP contribution in [0.5, 0.6) is 0 Å². The molecule has 0 spiro atoms. The highest BCUT2D eigenvalue weighted by atomic mass is 16.4. The maximum Gasteiger partial charge on any atom is 0.271 e. The van der Waals surface area contributed by atoms with Crippen LogP contribution in [0.15, 0.2) is 34.6 Å². The van der Waals surface area contributed by atoms with Gasteiger partial charge in [-0.15, -0.1) is 0 Å². The number of H-pyrrole nitrogens is 1. The molecule has 1 saturated carbocycles. The molecular weight excluding hydrogens is 452 g/mol. The summed E-state index contributed by atoms with van der Waals surface area (Å²) < 4.78 is 1.55. The summed E-state index contributed by atoms with van der Waals surface area (Å²) in [5.41, 5.74) is 0.0347. The van der Waals surface area contributed by atoms with Gasteiger partial charge in [0.05, 0.1) is 17.9 Å². The van der Waals surface area contributed by atoms with Gasteiger partial charge in [0.1, 0.15) is 17.5 Å². The molecule has 2 aromatic rings. The van der Waals surface area contributed by atoms with E-state index in [1.807, 2.05) is 0 Å². The highest BCUT2D eigenvalue weighted by Gasteiger charge is 2.34. The SMILES string of the molecule is CC/C(=N/O)C(=N)C(=O)N[C@H](C(=O)Nc1cnn(C(C)c2ccn[nH]c2=O)c1)[C@H]1CC[C@H](C)CC1. The van der Waals surface area contributed by atoms with Crippen LogP contribution in [-0.4, -0.2) is 54.5 Å². The van der Waals surface area contributed by atoms with E-state index in [9.17, 15) is 14.4 Å². The number of oxime groups is 1. The number of aromatic nitrogens is 4. The first kappa shape index (κ1) is 25.8. The Labute approximate surface area is 202 Å². The molecule has 1 aliphatic carbocycles. The highest BCUT2D eigenvalue weighted by molar-refractivity contribution is 6.65. The van der Waals surface area contributed by atoms with Gasteiger partial charge in [-0.3, -0.25) is 24.5 Å². The van der Waals surface area contributed by atoms with Gasteiger partial charge in [-0.1, -0.05) is 31.8 Å². The molecule has 12 heteroatoms. The minimum absolute atomic E-state index is 0.0553. The number of rotatable bonds is 9. The Morgan fingerprint density at radius 2 is 2.06 bits per heavy atom. The summed E-state index contributed by atoms with van der Waals surface area (Å²) in [5.74, 6) is -0.727. The summed E-state index contributed by atoms with van der Waals surface area (Å²) in [6.45, 7) is 5.63. The van der Waals surface area contributed by atoms with Gasteiger partial charge >= 0.3 is 0 Å². The van der Waals surface area contributed by atoms with E-state index in [1.54, 1.807) is 30.8 Å². The van der Waals surface area contributed by atoms with Crippen LogP contribution in [0.4, 0.5) is 5.69 Å². The summed E-state index contributed by atoms with van der Waals surface area (Å²) in [5, 5.41) is 35.9. The second-order valence-electron chi connectivity index (χ2n) is 8.96. The van der Waals surface area contributed by atoms with Crippen molar-refractivity contribution < 1.29 is 14.8 Å². The van der Waals surface area contributed by atoms with Gasteiger partial charge in [0.15, 0.2) is 0 Å². The van der Waals surface area contributed by atoms with Crippen LogP contribution in [0.2, 0.25) is 0 Å². The molecule has 0 bridgehead atoms. The van der Waals surface area contributed by atoms with Gasteiger partial charge < -0.3 is 15.8 Å². The molecule has 2 atom stereocenters. The molecule has 3 rings (SSSR count). The Morgan fingerprint density at radius 1 is 1.34 bits per heavy atom. The monoisotopic (exact) mass is 484 g/mol. The quantitative estimate of drug-likeness (QED) is 0.206. The summed E-state index contributed by atoms with van der Waals surface area (Å²) in [4.78, 5) is 38.0. The molecule has 0 aromatic carbocycles. The molecule has 0 saturated heterocycles. The lowest BCUT2D eigenvalue weighted by Gasteiger charge is -2.32. The number of carbonyl (C=O) groups excluding carboxylic acids is 2. The van der Waals surface area contributed by atoms with E-state index in [4.69, 9.17) is 10.6 Å². The Kier molecular flexibility index (Phi) is 8.50. The van der Waals surface area contributed by atoms with E-state index >= 15 is 0 Å². The average molecular weight is 485 g/mol. The van der Waals surface area contributed by atoms with Crippen LogP contribution in [0.3, 0.4) is 0 Å². The third kappa shape index (κ3) is 6.19. The molecule has 0 radical (unpaired) electrons. The molecule has 12 nitrogen and oxygen atoms in total. The van der Waals surface area contributed by atoms with Crippen LogP contribution in [0.25, 0.3) is 0 Å². The van der Waals surface area contributed by atoms with Gasteiger partial charge in [-0.05, 0) is 44.1 Å². The van der Waals surface area contributed by atoms with Crippen molar-refractivity contribution >= 4 is 28.9 Å². The Hall–Kier alpha value is -3.83. The van der Waals surface area contributed by atoms with E-state index < -0.39 is 29.6 Å². The van der Waals surface area contributed by atoms with Crippen molar-refractivity contribution in [2.75, 3.05) is 5.32 Å². The molecule has 1 fully saturated rings. The van der Waals surface area contributed by atoms with E-state index in [0.29, 0.717) is 17.2 Å². The van der Waals surface area contributed by atoms with Gasteiger partial charge in [-0.25, -0.2) is 5.10 Å². The molecule has 2 aromatic heterocycles. The highest BCUT2D eigenvalue weighted by Crippen LogP contribution is 2.31. The van der Waals surface area contributed by atoms with Crippen LogP contribution < -0.4 is 16.2 Å². The summed E-state index contributed by atoms with van der Waals surface area (Å²) in [7, 11) is 0. The molecule has 2 heterocycles. The fourth-order valence-corrected chi connectivity index (χ4v) is 4.32. The molecule has 188 valence electrons. The van der Waals surface area contributed by atoms with E-state index in [0.717, 1.165) is 25.7 Å². The third-order valence-electron chi connectivity index (χ3n) is 6.55. The number of hydrogen-bond acceptors (Lipinski definition) is 8. The van der Waals surface area contributed by atoms with Crippen molar-refractivity contribution in [1.29, 1.82) is 5.41 Å². The van der Waals surface area contributed by atoms with Gasteiger partial charge in [-0.2, -0.15) is 10.2 Å². The number of aromatic amines is 1. The number of hydrogen-bond donors (Lipinski definition) is 5. The Morgan fingerprint density at radius 3 is 2.69 bits per heavy atom. The predicted octanol–water partition coefficient (Wildman–Crippen LogP) is 2.09. The third-order valence-corrected chi connectivity index (χ3v) is 6.55. The average Bonchev–Trinajstić information content (AvgIpc) is 3.32. The van der Waals surface area contributed by atoms with Gasteiger partial charge in [0.2, 0.25) is 5.91 Å². The zero-order valence-corrected chi connectivity index (χ0v) is 20.1. The van der Waals surface area contributed by atoms with Crippen molar-refractivity contribution in [1.82, 2.24) is 25.3 Å². The number of anilines is 1. The minimum Gasteiger partial charge on any atom is -0.411 e. The number of nitrogens with zero attached hydrogens (tertiary/aromatic N) is 4. The smallest absolute Gasteiger partial charge is 0.271 e. The van der Waals surface area contributed by atoms with Crippen LogP contribution in [0, 0.1) is 17.2 Å². The predicted molar refractivity (Wildman–Crippen MR) is 130 cm³/mol. The van der Waals surface area contributed by atoms with Crippen LogP contribution in [-0.2, 0) is 9.59 Å². The van der Waals surface area contributed by atoms with Crippen LogP contribution >= 0.6 is 0 Å². The fourth-order valence-electron chi connectivity index (χ4n) is 4.32. The first-order valence-corrected chi connectivity index (χ1v) is 11.7. The Balaban J connectivity index is 1.76. The first-order valence-electron chi connectivity index (χ1n) is 11.7. The normalized spacial score (nSPS) is 20.0. The molecular formula is C23H32N8O4. The number of nitrogens with one attached hydrogen (secondary N) is 4. The van der Waals surface area contributed by atoms with E-state index in [-0.39, 0.29) is 23.6 Å². The molecule has 2 amide bonds. The van der Waals surface area contributed by atoms with Crippen molar-refractivity contribution in [3.05, 3.63) is 40.6 Å². The molecule has 5 N–H and O–H groups in total. The van der Waals surface area contributed by atoms with Gasteiger partial charge in [0, 0.05) is 18.0 Å². The largest absolute Gasteiger partial charge is 0.411 e. The van der Waals surface area contributed by atoms with Crippen molar-refractivity contribution in [3.63, 3.8) is 0 Å². The topological polar surface area (TPSA) is 178 Å². The zero-order valence-electron chi connectivity index (χ0n) is 20.1. The lowest BCUT2D eigenvalue weighted by molar-refractivity contribution is -0.124. The maximum absolute atomic E-state index is 13.3. The van der Waals surface area contributed by atoms with Crippen molar-refractivity contribution in [2.24, 2.45) is 17.0 Å².